The minimum absolute atomic E-state index is 0.104. The van der Waals surface area contributed by atoms with Crippen LogP contribution in [-0.4, -0.2) is 18.0 Å². The molecular formula is C15H11NO4. The number of fused-ring (bicyclic) bond motifs is 3. The maximum atomic E-state index is 11.5. The van der Waals surface area contributed by atoms with Crippen LogP contribution in [0.3, 0.4) is 0 Å². The Morgan fingerprint density at radius 3 is 2.75 bits per heavy atom. The van der Waals surface area contributed by atoms with Crippen LogP contribution < -0.4 is 0 Å². The zero-order valence-electron chi connectivity index (χ0n) is 10.8. The molecule has 20 heavy (non-hydrogen) atoms. The Kier molecular flexibility index (Phi) is 2.75. The van der Waals surface area contributed by atoms with Gasteiger partial charge in [-0.15, -0.1) is 0 Å². The van der Waals surface area contributed by atoms with Gasteiger partial charge in [0.1, 0.15) is 0 Å². The Morgan fingerprint density at radius 2 is 2.05 bits per heavy atom. The summed E-state index contributed by atoms with van der Waals surface area (Å²) in [6.07, 6.45) is 0.594. The fourth-order valence-corrected chi connectivity index (χ4v) is 2.63. The first-order valence-electron chi connectivity index (χ1n) is 6.09. The summed E-state index contributed by atoms with van der Waals surface area (Å²) in [4.78, 5) is 22.3. The summed E-state index contributed by atoms with van der Waals surface area (Å²) in [5.41, 5.74) is 3.87. The molecule has 0 atom stereocenters. The number of carbonyl (C=O) groups excluding carboxylic acids is 1. The number of carbonyl (C=O) groups is 1. The van der Waals surface area contributed by atoms with Gasteiger partial charge in [-0.1, -0.05) is 18.2 Å². The maximum Gasteiger partial charge on any atom is 0.337 e. The lowest BCUT2D eigenvalue weighted by atomic mass is 10.0. The third-order valence-corrected chi connectivity index (χ3v) is 3.50. The summed E-state index contributed by atoms with van der Waals surface area (Å²) in [5, 5.41) is 11.1. The van der Waals surface area contributed by atoms with Crippen LogP contribution in [0, 0.1) is 10.1 Å². The van der Waals surface area contributed by atoms with Gasteiger partial charge in [0.25, 0.3) is 5.69 Å². The summed E-state index contributed by atoms with van der Waals surface area (Å²) >= 11 is 0. The predicted molar refractivity (Wildman–Crippen MR) is 72.7 cm³/mol. The number of esters is 1. The summed E-state index contributed by atoms with van der Waals surface area (Å²) in [6, 6.07) is 10.2. The monoisotopic (exact) mass is 269 g/mol. The Balaban J connectivity index is 2.16. The van der Waals surface area contributed by atoms with E-state index in [1.807, 2.05) is 6.07 Å². The smallest absolute Gasteiger partial charge is 0.337 e. The highest BCUT2D eigenvalue weighted by Crippen LogP contribution is 2.42. The first-order valence-corrected chi connectivity index (χ1v) is 6.09. The molecule has 2 aromatic rings. The molecule has 1 aliphatic rings. The standard InChI is InChI=1S/C15H11NO4/c1-20-15(17)10-5-6-12-11(8-10)7-9-3-2-4-13(14(9)12)16(18)19/h2-6,8H,7H2,1H3. The number of hydrogen-bond donors (Lipinski definition) is 0. The van der Waals surface area contributed by atoms with E-state index in [4.69, 9.17) is 0 Å². The van der Waals surface area contributed by atoms with E-state index in [0.29, 0.717) is 17.5 Å². The minimum atomic E-state index is -0.404. The first kappa shape index (κ1) is 12.3. The van der Waals surface area contributed by atoms with E-state index in [1.165, 1.54) is 13.2 Å². The minimum Gasteiger partial charge on any atom is -0.465 e. The fraction of sp³-hybridized carbons (Fsp3) is 0.133. The lowest BCUT2D eigenvalue weighted by Gasteiger charge is -2.04. The molecule has 100 valence electrons. The van der Waals surface area contributed by atoms with Crippen molar-refractivity contribution >= 4 is 11.7 Å². The Morgan fingerprint density at radius 1 is 1.25 bits per heavy atom. The molecule has 0 saturated carbocycles. The predicted octanol–water partition coefficient (Wildman–Crippen LogP) is 2.95. The van der Waals surface area contributed by atoms with Crippen molar-refractivity contribution in [1.82, 2.24) is 0 Å². The summed E-state index contributed by atoms with van der Waals surface area (Å²) in [7, 11) is 1.33. The van der Waals surface area contributed by atoms with Crippen LogP contribution in [0.25, 0.3) is 11.1 Å². The van der Waals surface area contributed by atoms with E-state index >= 15 is 0 Å². The number of nitro groups is 1. The van der Waals surface area contributed by atoms with Crippen LogP contribution in [0.2, 0.25) is 0 Å². The van der Waals surface area contributed by atoms with Crippen LogP contribution in [0.1, 0.15) is 21.5 Å². The molecule has 0 fully saturated rings. The van der Waals surface area contributed by atoms with E-state index < -0.39 is 5.97 Å². The van der Waals surface area contributed by atoms with Crippen molar-refractivity contribution in [1.29, 1.82) is 0 Å². The largest absolute Gasteiger partial charge is 0.465 e. The van der Waals surface area contributed by atoms with Crippen molar-refractivity contribution < 1.29 is 14.5 Å². The third kappa shape index (κ3) is 1.75. The lowest BCUT2D eigenvalue weighted by Crippen LogP contribution is -2.01. The number of nitrogens with zero attached hydrogens (tertiary/aromatic N) is 1. The van der Waals surface area contributed by atoms with Gasteiger partial charge < -0.3 is 4.74 Å². The molecular weight excluding hydrogens is 258 g/mol. The summed E-state index contributed by atoms with van der Waals surface area (Å²) < 4.78 is 4.69. The highest BCUT2D eigenvalue weighted by Gasteiger charge is 2.27. The van der Waals surface area contributed by atoms with Gasteiger partial charge in [0.15, 0.2) is 0 Å². The van der Waals surface area contributed by atoms with Crippen LogP contribution in [0.4, 0.5) is 5.69 Å². The average molecular weight is 269 g/mol. The van der Waals surface area contributed by atoms with Gasteiger partial charge >= 0.3 is 5.97 Å². The second kappa shape index (κ2) is 4.45. The molecule has 0 saturated heterocycles. The zero-order valence-corrected chi connectivity index (χ0v) is 10.8. The molecule has 0 radical (unpaired) electrons. The van der Waals surface area contributed by atoms with Crippen molar-refractivity contribution in [2.75, 3.05) is 7.11 Å². The second-order valence-electron chi connectivity index (χ2n) is 4.61. The Hall–Kier alpha value is -2.69. The van der Waals surface area contributed by atoms with Crippen molar-refractivity contribution in [3.05, 3.63) is 63.2 Å². The molecule has 0 spiro atoms. The van der Waals surface area contributed by atoms with Crippen molar-refractivity contribution in [3.8, 4) is 11.1 Å². The Labute approximate surface area is 115 Å². The van der Waals surface area contributed by atoms with E-state index in [2.05, 4.69) is 4.74 Å². The first-order chi connectivity index (χ1) is 9.61. The molecule has 3 rings (SSSR count). The number of rotatable bonds is 2. The zero-order chi connectivity index (χ0) is 14.3. The van der Waals surface area contributed by atoms with Crippen LogP contribution in [-0.2, 0) is 11.2 Å². The van der Waals surface area contributed by atoms with Gasteiger partial charge in [0, 0.05) is 6.07 Å². The quantitative estimate of drug-likeness (QED) is 0.407. The van der Waals surface area contributed by atoms with E-state index in [0.717, 1.165) is 16.7 Å². The molecule has 5 nitrogen and oxygen atoms in total. The lowest BCUT2D eigenvalue weighted by molar-refractivity contribution is -0.384. The molecule has 0 amide bonds. The van der Waals surface area contributed by atoms with E-state index in [-0.39, 0.29) is 10.6 Å². The van der Waals surface area contributed by atoms with E-state index in [1.54, 1.807) is 24.3 Å². The average Bonchev–Trinajstić information content (AvgIpc) is 2.83. The van der Waals surface area contributed by atoms with Crippen molar-refractivity contribution in [2.24, 2.45) is 0 Å². The SMILES string of the molecule is COC(=O)c1ccc2c(c1)Cc1cccc([N+](=O)[O-])c1-2. The molecule has 0 N–H and O–H groups in total. The molecule has 5 heteroatoms. The summed E-state index contributed by atoms with van der Waals surface area (Å²) in [6.45, 7) is 0. The maximum absolute atomic E-state index is 11.5. The van der Waals surface area contributed by atoms with Gasteiger partial charge in [-0.05, 0) is 35.2 Å². The molecule has 0 bridgehead atoms. The molecule has 1 aliphatic carbocycles. The van der Waals surface area contributed by atoms with Crippen LogP contribution in [0.5, 0.6) is 0 Å². The number of nitro benzene ring substituents is 1. The third-order valence-electron chi connectivity index (χ3n) is 3.50. The molecule has 0 aromatic heterocycles. The number of methoxy groups -OCH3 is 1. The highest BCUT2D eigenvalue weighted by molar-refractivity contribution is 5.92. The van der Waals surface area contributed by atoms with Crippen molar-refractivity contribution in [3.63, 3.8) is 0 Å². The summed E-state index contributed by atoms with van der Waals surface area (Å²) in [5.74, 6) is -0.404. The molecule has 0 aliphatic heterocycles. The molecule has 0 unspecified atom stereocenters. The van der Waals surface area contributed by atoms with Gasteiger partial charge in [-0.3, -0.25) is 10.1 Å². The van der Waals surface area contributed by atoms with Crippen LogP contribution in [0.15, 0.2) is 36.4 Å². The number of benzene rings is 2. The van der Waals surface area contributed by atoms with Gasteiger partial charge in [0.05, 0.1) is 23.2 Å². The normalized spacial score (nSPS) is 11.7. The fourth-order valence-electron chi connectivity index (χ4n) is 2.63. The van der Waals surface area contributed by atoms with Gasteiger partial charge in [0.2, 0.25) is 0 Å². The van der Waals surface area contributed by atoms with E-state index in [9.17, 15) is 14.9 Å². The number of hydrogen-bond acceptors (Lipinski definition) is 4. The highest BCUT2D eigenvalue weighted by atomic mass is 16.6. The molecule has 0 heterocycles. The van der Waals surface area contributed by atoms with Crippen molar-refractivity contribution in [2.45, 2.75) is 6.42 Å². The second-order valence-corrected chi connectivity index (χ2v) is 4.61. The van der Waals surface area contributed by atoms with Crippen LogP contribution >= 0.6 is 0 Å². The Bertz CT molecular complexity index is 737. The van der Waals surface area contributed by atoms with Gasteiger partial charge in [-0.2, -0.15) is 0 Å². The number of ether oxygens (including phenoxy) is 1. The van der Waals surface area contributed by atoms with Gasteiger partial charge in [-0.25, -0.2) is 4.79 Å². The molecule has 2 aromatic carbocycles. The topological polar surface area (TPSA) is 69.4 Å².